The Labute approximate surface area is 73.8 Å². The van der Waals surface area contributed by atoms with Crippen molar-refractivity contribution in [1.29, 1.82) is 0 Å². The predicted molar refractivity (Wildman–Crippen MR) is 48.8 cm³/mol. The Bertz CT molecular complexity index is 237. The van der Waals surface area contributed by atoms with Crippen molar-refractivity contribution in [1.82, 2.24) is 0 Å². The van der Waals surface area contributed by atoms with Gasteiger partial charge in [0.15, 0.2) is 0 Å². The molecule has 2 aliphatic carbocycles. The Balaban J connectivity index is 2.29. The van der Waals surface area contributed by atoms with Gasteiger partial charge in [-0.2, -0.15) is 0 Å². The Morgan fingerprint density at radius 2 is 2.17 bits per heavy atom. The highest BCUT2D eigenvalue weighted by Crippen LogP contribution is 2.59. The highest BCUT2D eigenvalue weighted by molar-refractivity contribution is 5.66. The fraction of sp³-hybridized carbons (Fsp3) is 0.727. The third kappa shape index (κ3) is 0.886. The molecule has 2 fully saturated rings. The first-order chi connectivity index (χ1) is 5.66. The zero-order valence-electron chi connectivity index (χ0n) is 7.84. The summed E-state index contributed by atoms with van der Waals surface area (Å²) in [4.78, 5) is 10.4. The van der Waals surface area contributed by atoms with Gasteiger partial charge in [0, 0.05) is 0 Å². The largest absolute Gasteiger partial charge is 0.299 e. The summed E-state index contributed by atoms with van der Waals surface area (Å²) in [6.07, 6.45) is 6.60. The van der Waals surface area contributed by atoms with E-state index in [1.54, 1.807) is 6.08 Å². The number of allylic oxidation sites excluding steroid dienone is 2. The number of fused-ring (bicyclic) bond motifs is 2. The maximum absolute atomic E-state index is 10.4. The maximum atomic E-state index is 10.4. The predicted octanol–water partition coefficient (Wildman–Crippen LogP) is 2.57. The molecule has 0 aromatic rings. The minimum atomic E-state index is 0.467. The Morgan fingerprint density at radius 1 is 1.42 bits per heavy atom. The Morgan fingerprint density at radius 3 is 2.58 bits per heavy atom. The van der Waals surface area contributed by atoms with Crippen LogP contribution in [0.15, 0.2) is 11.6 Å². The van der Waals surface area contributed by atoms with Crippen LogP contribution >= 0.6 is 0 Å². The van der Waals surface area contributed by atoms with Crippen molar-refractivity contribution >= 4 is 6.29 Å². The lowest BCUT2D eigenvalue weighted by molar-refractivity contribution is -0.104. The van der Waals surface area contributed by atoms with Crippen molar-refractivity contribution < 1.29 is 4.79 Å². The summed E-state index contributed by atoms with van der Waals surface area (Å²) in [5, 5.41) is 0. The van der Waals surface area contributed by atoms with E-state index in [2.05, 4.69) is 13.8 Å². The molecule has 0 unspecified atom stereocenters. The highest BCUT2D eigenvalue weighted by Gasteiger charge is 2.50. The van der Waals surface area contributed by atoms with Crippen molar-refractivity contribution in [2.75, 3.05) is 0 Å². The van der Waals surface area contributed by atoms with Gasteiger partial charge < -0.3 is 0 Å². The molecule has 1 heteroatoms. The van der Waals surface area contributed by atoms with Gasteiger partial charge in [-0.25, -0.2) is 0 Å². The summed E-state index contributed by atoms with van der Waals surface area (Å²) in [6.45, 7) is 4.70. The van der Waals surface area contributed by atoms with Gasteiger partial charge in [-0.1, -0.05) is 19.4 Å². The SMILES string of the molecule is CC1(C)[C@H]2CC[C@@H]1/C(=C/C=O)C2. The van der Waals surface area contributed by atoms with Crippen molar-refractivity contribution in [2.45, 2.75) is 33.1 Å². The summed E-state index contributed by atoms with van der Waals surface area (Å²) in [5.74, 6) is 1.54. The minimum absolute atomic E-state index is 0.467. The van der Waals surface area contributed by atoms with Crippen LogP contribution in [0.3, 0.4) is 0 Å². The van der Waals surface area contributed by atoms with Gasteiger partial charge in [0.05, 0.1) is 0 Å². The quantitative estimate of drug-likeness (QED) is 0.430. The van der Waals surface area contributed by atoms with Crippen LogP contribution < -0.4 is 0 Å². The minimum Gasteiger partial charge on any atom is -0.299 e. The van der Waals surface area contributed by atoms with E-state index < -0.39 is 0 Å². The maximum Gasteiger partial charge on any atom is 0.142 e. The molecule has 0 N–H and O–H groups in total. The van der Waals surface area contributed by atoms with Crippen LogP contribution in [0.1, 0.15) is 33.1 Å². The molecule has 0 heterocycles. The molecule has 0 amide bonds. The lowest BCUT2D eigenvalue weighted by atomic mass is 9.81. The number of hydrogen-bond donors (Lipinski definition) is 0. The summed E-state index contributed by atoms with van der Waals surface area (Å²) in [7, 11) is 0. The van der Waals surface area contributed by atoms with E-state index in [0.29, 0.717) is 11.3 Å². The number of rotatable bonds is 1. The Kier molecular flexibility index (Phi) is 1.64. The van der Waals surface area contributed by atoms with Crippen molar-refractivity contribution in [3.8, 4) is 0 Å². The summed E-state index contributed by atoms with van der Waals surface area (Å²) >= 11 is 0. The van der Waals surface area contributed by atoms with Crippen molar-refractivity contribution in [3.63, 3.8) is 0 Å². The second kappa shape index (κ2) is 2.45. The topological polar surface area (TPSA) is 17.1 Å². The van der Waals surface area contributed by atoms with Gasteiger partial charge in [0.2, 0.25) is 0 Å². The normalized spacial score (nSPS) is 40.7. The van der Waals surface area contributed by atoms with Gasteiger partial charge >= 0.3 is 0 Å². The number of hydrogen-bond acceptors (Lipinski definition) is 1. The first-order valence-electron chi connectivity index (χ1n) is 4.80. The van der Waals surface area contributed by atoms with Crippen LogP contribution in [0.2, 0.25) is 0 Å². The van der Waals surface area contributed by atoms with E-state index in [4.69, 9.17) is 0 Å². The zero-order valence-corrected chi connectivity index (χ0v) is 7.84. The summed E-state index contributed by atoms with van der Waals surface area (Å²) in [5.41, 5.74) is 1.88. The molecule has 0 saturated heterocycles. The molecule has 0 radical (unpaired) electrons. The summed E-state index contributed by atoms with van der Waals surface area (Å²) in [6, 6.07) is 0. The standard InChI is InChI=1S/C11H16O/c1-11(2)9-3-4-10(11)8(7-9)5-6-12/h5-6,9-10H,3-4,7H2,1-2H3/b8-5+/t9-,10+/m0/s1. The molecule has 2 aliphatic rings. The van der Waals surface area contributed by atoms with Crippen LogP contribution in [0.5, 0.6) is 0 Å². The lowest BCUT2D eigenvalue weighted by Gasteiger charge is -2.23. The number of carbonyl (C=O) groups excluding carboxylic acids is 1. The van der Waals surface area contributed by atoms with Crippen LogP contribution in [0.25, 0.3) is 0 Å². The second-order valence-electron chi connectivity index (χ2n) is 4.73. The molecule has 2 saturated carbocycles. The van der Waals surface area contributed by atoms with Crippen molar-refractivity contribution in [2.24, 2.45) is 17.3 Å². The average Bonchev–Trinajstić information content (AvgIpc) is 2.41. The Hall–Kier alpha value is -0.590. The van der Waals surface area contributed by atoms with E-state index in [-0.39, 0.29) is 0 Å². The molecule has 2 rings (SSSR count). The fourth-order valence-corrected chi connectivity index (χ4v) is 3.12. The number of aldehydes is 1. The molecular formula is C11H16O. The molecule has 1 nitrogen and oxygen atoms in total. The molecule has 0 aromatic heterocycles. The molecule has 0 aliphatic heterocycles. The smallest absolute Gasteiger partial charge is 0.142 e. The zero-order chi connectivity index (χ0) is 8.77. The van der Waals surface area contributed by atoms with E-state index in [1.807, 2.05) is 0 Å². The third-order valence-electron chi connectivity index (χ3n) is 3.97. The van der Waals surface area contributed by atoms with E-state index >= 15 is 0 Å². The van der Waals surface area contributed by atoms with Crippen molar-refractivity contribution in [3.05, 3.63) is 11.6 Å². The van der Waals surface area contributed by atoms with Gasteiger partial charge in [0.25, 0.3) is 0 Å². The van der Waals surface area contributed by atoms with Gasteiger partial charge in [-0.05, 0) is 42.6 Å². The first kappa shape index (κ1) is 8.03. The lowest BCUT2D eigenvalue weighted by Crippen LogP contribution is -2.16. The average molecular weight is 164 g/mol. The second-order valence-corrected chi connectivity index (χ2v) is 4.73. The fourth-order valence-electron chi connectivity index (χ4n) is 3.12. The third-order valence-corrected chi connectivity index (χ3v) is 3.97. The van der Waals surface area contributed by atoms with E-state index in [0.717, 1.165) is 12.2 Å². The first-order valence-corrected chi connectivity index (χ1v) is 4.80. The van der Waals surface area contributed by atoms with Crippen LogP contribution in [0, 0.1) is 17.3 Å². The molecular weight excluding hydrogens is 148 g/mol. The van der Waals surface area contributed by atoms with Crippen LogP contribution in [0.4, 0.5) is 0 Å². The van der Waals surface area contributed by atoms with Crippen LogP contribution in [-0.2, 0) is 4.79 Å². The molecule has 2 atom stereocenters. The highest BCUT2D eigenvalue weighted by atomic mass is 16.1. The van der Waals surface area contributed by atoms with Gasteiger partial charge in [-0.3, -0.25) is 4.79 Å². The number of carbonyl (C=O) groups is 1. The molecule has 12 heavy (non-hydrogen) atoms. The molecule has 0 aromatic carbocycles. The van der Waals surface area contributed by atoms with E-state index in [1.165, 1.54) is 24.8 Å². The molecule has 0 spiro atoms. The summed E-state index contributed by atoms with van der Waals surface area (Å²) < 4.78 is 0. The van der Waals surface area contributed by atoms with Gasteiger partial charge in [-0.15, -0.1) is 0 Å². The van der Waals surface area contributed by atoms with Crippen LogP contribution in [-0.4, -0.2) is 6.29 Å². The van der Waals surface area contributed by atoms with Gasteiger partial charge in [0.1, 0.15) is 6.29 Å². The van der Waals surface area contributed by atoms with E-state index in [9.17, 15) is 4.79 Å². The monoisotopic (exact) mass is 164 g/mol. The molecule has 66 valence electrons. The molecule has 2 bridgehead atoms.